The molecule has 0 bridgehead atoms. The number of hydrogen-bond acceptors (Lipinski definition) is 3. The van der Waals surface area contributed by atoms with E-state index in [0.717, 1.165) is 19.3 Å². The van der Waals surface area contributed by atoms with E-state index in [9.17, 15) is 9.18 Å². The van der Waals surface area contributed by atoms with Crippen LogP contribution in [0.15, 0.2) is 23.1 Å². The smallest absolute Gasteiger partial charge is 0.341 e. The lowest BCUT2D eigenvalue weighted by Crippen LogP contribution is -2.25. The van der Waals surface area contributed by atoms with Crippen LogP contribution >= 0.6 is 12.6 Å². The highest BCUT2D eigenvalue weighted by Gasteiger charge is 2.24. The molecule has 1 aromatic carbocycles. The number of ether oxygens (including phenoxy) is 1. The Hall–Kier alpha value is -1.03. The second kappa shape index (κ2) is 5.74. The van der Waals surface area contributed by atoms with Crippen molar-refractivity contribution in [2.45, 2.75) is 43.6 Å². The summed E-state index contributed by atoms with van der Waals surface area (Å²) < 4.78 is 18.9. The minimum Gasteiger partial charge on any atom is -0.459 e. The van der Waals surface area contributed by atoms with Crippen molar-refractivity contribution in [3.8, 4) is 0 Å². The van der Waals surface area contributed by atoms with E-state index in [1.165, 1.54) is 24.6 Å². The van der Waals surface area contributed by atoms with Crippen molar-refractivity contribution in [3.63, 3.8) is 0 Å². The van der Waals surface area contributed by atoms with Crippen LogP contribution in [-0.2, 0) is 4.74 Å². The maximum Gasteiger partial charge on any atom is 0.341 e. The zero-order valence-corrected chi connectivity index (χ0v) is 11.3. The van der Waals surface area contributed by atoms with E-state index in [1.54, 1.807) is 0 Å². The van der Waals surface area contributed by atoms with Gasteiger partial charge in [-0.25, -0.2) is 9.18 Å². The van der Waals surface area contributed by atoms with Crippen LogP contribution in [0.1, 0.15) is 43.0 Å². The van der Waals surface area contributed by atoms with Gasteiger partial charge >= 0.3 is 5.97 Å². The van der Waals surface area contributed by atoms with Crippen molar-refractivity contribution in [3.05, 3.63) is 29.6 Å². The minimum atomic E-state index is -0.581. The predicted molar refractivity (Wildman–Crippen MR) is 70.5 cm³/mol. The molecule has 2 rings (SSSR count). The third kappa shape index (κ3) is 3.25. The van der Waals surface area contributed by atoms with Gasteiger partial charge in [-0.3, -0.25) is 0 Å². The van der Waals surface area contributed by atoms with E-state index in [2.05, 4.69) is 19.6 Å². The molecule has 1 saturated carbocycles. The van der Waals surface area contributed by atoms with Gasteiger partial charge < -0.3 is 4.74 Å². The summed E-state index contributed by atoms with van der Waals surface area (Å²) >= 11 is 4.10. The number of carbonyl (C=O) groups is 1. The molecule has 0 aromatic heterocycles. The molecule has 1 aliphatic rings. The fourth-order valence-corrected chi connectivity index (χ4v) is 2.57. The van der Waals surface area contributed by atoms with E-state index < -0.39 is 11.8 Å². The normalized spacial score (nSPS) is 23.7. The van der Waals surface area contributed by atoms with Crippen molar-refractivity contribution < 1.29 is 13.9 Å². The predicted octanol–water partition coefficient (Wildman–Crippen LogP) is 3.85. The number of hydrogen-bond donors (Lipinski definition) is 1. The Bertz CT molecular complexity index is 447. The highest BCUT2D eigenvalue weighted by atomic mass is 32.1. The summed E-state index contributed by atoms with van der Waals surface area (Å²) in [6.45, 7) is 2.15. The quantitative estimate of drug-likeness (QED) is 0.651. The molecule has 0 N–H and O–H groups in total. The first-order valence-electron chi connectivity index (χ1n) is 6.25. The molecule has 0 amide bonds. The summed E-state index contributed by atoms with van der Waals surface area (Å²) in [7, 11) is 0. The van der Waals surface area contributed by atoms with E-state index in [-0.39, 0.29) is 11.7 Å². The van der Waals surface area contributed by atoms with Crippen LogP contribution in [0.4, 0.5) is 4.39 Å². The molecular formula is C14H17FO2S. The molecule has 0 radical (unpaired) electrons. The SMILES string of the molecule is CC1CCCC(OC(=O)c2cc(S)ccc2F)C1. The molecule has 98 valence electrons. The van der Waals surface area contributed by atoms with Gasteiger partial charge in [0.25, 0.3) is 0 Å². The maximum absolute atomic E-state index is 13.5. The average Bonchev–Trinajstić information content (AvgIpc) is 2.32. The molecular weight excluding hydrogens is 251 g/mol. The lowest BCUT2D eigenvalue weighted by atomic mass is 9.89. The van der Waals surface area contributed by atoms with Gasteiger partial charge in [-0.05, 0) is 43.4 Å². The van der Waals surface area contributed by atoms with Crippen molar-refractivity contribution in [2.75, 3.05) is 0 Å². The highest BCUT2D eigenvalue weighted by Crippen LogP contribution is 2.26. The molecule has 18 heavy (non-hydrogen) atoms. The molecule has 0 heterocycles. The summed E-state index contributed by atoms with van der Waals surface area (Å²) in [6, 6.07) is 4.16. The van der Waals surface area contributed by atoms with Crippen LogP contribution in [0.25, 0.3) is 0 Å². The molecule has 0 aliphatic heterocycles. The summed E-state index contributed by atoms with van der Waals surface area (Å²) in [4.78, 5) is 12.5. The van der Waals surface area contributed by atoms with Crippen LogP contribution in [0.2, 0.25) is 0 Å². The number of rotatable bonds is 2. The molecule has 4 heteroatoms. The van der Waals surface area contributed by atoms with Crippen molar-refractivity contribution in [1.82, 2.24) is 0 Å². The monoisotopic (exact) mass is 268 g/mol. The molecule has 0 saturated heterocycles. The van der Waals surface area contributed by atoms with Crippen LogP contribution in [0.5, 0.6) is 0 Å². The van der Waals surface area contributed by atoms with Gasteiger partial charge in [-0.15, -0.1) is 12.6 Å². The Morgan fingerprint density at radius 2 is 2.22 bits per heavy atom. The average molecular weight is 268 g/mol. The van der Waals surface area contributed by atoms with Gasteiger partial charge in [0.15, 0.2) is 0 Å². The summed E-state index contributed by atoms with van der Waals surface area (Å²) in [5.41, 5.74) is -0.0271. The van der Waals surface area contributed by atoms with Crippen LogP contribution in [0.3, 0.4) is 0 Å². The summed E-state index contributed by atoms with van der Waals surface area (Å²) in [5, 5.41) is 0. The Labute approximate surface area is 112 Å². The van der Waals surface area contributed by atoms with Crippen molar-refractivity contribution in [1.29, 1.82) is 0 Å². The van der Waals surface area contributed by atoms with Crippen LogP contribution in [0, 0.1) is 11.7 Å². The van der Waals surface area contributed by atoms with Gasteiger partial charge in [0.2, 0.25) is 0 Å². The van der Waals surface area contributed by atoms with Crippen LogP contribution < -0.4 is 0 Å². The molecule has 2 atom stereocenters. The first-order chi connectivity index (χ1) is 8.56. The molecule has 1 aliphatic carbocycles. The first kappa shape index (κ1) is 13.4. The third-order valence-electron chi connectivity index (χ3n) is 3.33. The molecule has 0 spiro atoms. The highest BCUT2D eigenvalue weighted by molar-refractivity contribution is 7.80. The van der Waals surface area contributed by atoms with Crippen molar-refractivity contribution >= 4 is 18.6 Å². The second-order valence-electron chi connectivity index (χ2n) is 4.96. The van der Waals surface area contributed by atoms with Gasteiger partial charge in [-0.2, -0.15) is 0 Å². The van der Waals surface area contributed by atoms with E-state index in [1.807, 2.05) is 0 Å². The second-order valence-corrected chi connectivity index (χ2v) is 5.48. The first-order valence-corrected chi connectivity index (χ1v) is 6.70. The van der Waals surface area contributed by atoms with Gasteiger partial charge in [0.1, 0.15) is 11.9 Å². The Morgan fingerprint density at radius 1 is 1.44 bits per heavy atom. The van der Waals surface area contributed by atoms with Gasteiger partial charge in [-0.1, -0.05) is 13.3 Å². The summed E-state index contributed by atoms with van der Waals surface area (Å²) in [5.74, 6) is -0.568. The van der Waals surface area contributed by atoms with Crippen LogP contribution in [-0.4, -0.2) is 12.1 Å². The standard InChI is InChI=1S/C14H17FO2S/c1-9-3-2-4-10(7-9)17-14(16)12-8-11(18)5-6-13(12)15/h5-6,8-10,18H,2-4,7H2,1H3. The fourth-order valence-electron chi connectivity index (χ4n) is 2.37. The topological polar surface area (TPSA) is 26.3 Å². The molecule has 1 aromatic rings. The number of thiol groups is 1. The molecule has 2 nitrogen and oxygen atoms in total. The largest absolute Gasteiger partial charge is 0.459 e. The number of benzene rings is 1. The lowest BCUT2D eigenvalue weighted by Gasteiger charge is -2.26. The van der Waals surface area contributed by atoms with E-state index in [0.29, 0.717) is 10.8 Å². The zero-order chi connectivity index (χ0) is 13.1. The van der Waals surface area contributed by atoms with Crippen molar-refractivity contribution in [2.24, 2.45) is 5.92 Å². The summed E-state index contributed by atoms with van der Waals surface area (Å²) in [6.07, 6.45) is 3.90. The lowest BCUT2D eigenvalue weighted by molar-refractivity contribution is 0.0150. The number of esters is 1. The van der Waals surface area contributed by atoms with E-state index in [4.69, 9.17) is 4.74 Å². The Morgan fingerprint density at radius 3 is 2.94 bits per heavy atom. The van der Waals surface area contributed by atoms with Gasteiger partial charge in [0, 0.05) is 4.90 Å². The number of carbonyl (C=O) groups excluding carboxylic acids is 1. The Kier molecular flexibility index (Phi) is 4.27. The molecule has 2 unspecified atom stereocenters. The molecule has 1 fully saturated rings. The third-order valence-corrected chi connectivity index (χ3v) is 3.61. The Balaban J connectivity index is 2.05. The van der Waals surface area contributed by atoms with E-state index >= 15 is 0 Å². The minimum absolute atomic E-state index is 0.0271. The maximum atomic E-state index is 13.5. The number of halogens is 1. The van der Waals surface area contributed by atoms with Gasteiger partial charge in [0.05, 0.1) is 5.56 Å². The zero-order valence-electron chi connectivity index (χ0n) is 10.4. The fraction of sp³-hybridized carbons (Fsp3) is 0.500.